The van der Waals surface area contributed by atoms with E-state index in [1.165, 1.54) is 4.57 Å². The molecular formula is C31H44N8O2. The Labute approximate surface area is 242 Å². The second-order valence-corrected chi connectivity index (χ2v) is 10.6. The highest BCUT2D eigenvalue weighted by Crippen LogP contribution is 2.28. The standard InChI is InChI=1S/C31H44N8O2/c1-5-7-13-38(14-8-6-2)26-16-24(15-25(32)17-26)27-19-36-30(37-21(3)4)31(41)39(27)20-28(40)35-18-22-9-11-23(12-10-22)29(33)34/h9-12,15-17,19,21H,5-8,13-14,18,20,32H2,1-4H3,(H3,33,34)(H,35,40)(H,36,37). The van der Waals surface area contributed by atoms with Gasteiger partial charge in [-0.15, -0.1) is 0 Å². The van der Waals surface area contributed by atoms with Crippen LogP contribution in [0.3, 0.4) is 0 Å². The van der Waals surface area contributed by atoms with E-state index in [1.54, 1.807) is 18.3 Å². The summed E-state index contributed by atoms with van der Waals surface area (Å²) in [6.45, 7) is 10.1. The zero-order valence-electron chi connectivity index (χ0n) is 24.7. The molecule has 1 aromatic heterocycles. The molecule has 0 bridgehead atoms. The van der Waals surface area contributed by atoms with E-state index in [0.717, 1.165) is 55.6 Å². The van der Waals surface area contributed by atoms with Gasteiger partial charge in [0.15, 0.2) is 5.82 Å². The number of rotatable bonds is 15. The third kappa shape index (κ3) is 8.83. The van der Waals surface area contributed by atoms with Crippen molar-refractivity contribution in [1.82, 2.24) is 14.9 Å². The molecule has 10 nitrogen and oxygen atoms in total. The normalized spacial score (nSPS) is 11.0. The summed E-state index contributed by atoms with van der Waals surface area (Å²) in [5, 5.41) is 13.5. The molecule has 0 aliphatic carbocycles. The van der Waals surface area contributed by atoms with E-state index in [2.05, 4.69) is 34.4 Å². The summed E-state index contributed by atoms with van der Waals surface area (Å²) in [6.07, 6.45) is 5.92. The van der Waals surface area contributed by atoms with Crippen LogP contribution in [0.15, 0.2) is 53.5 Å². The number of carbonyl (C=O) groups is 1. The average Bonchev–Trinajstić information content (AvgIpc) is 2.94. The van der Waals surface area contributed by atoms with E-state index in [9.17, 15) is 9.59 Å². The number of nitrogens with one attached hydrogen (secondary N) is 3. The monoisotopic (exact) mass is 560 g/mol. The molecule has 0 radical (unpaired) electrons. The van der Waals surface area contributed by atoms with Gasteiger partial charge in [0.1, 0.15) is 12.4 Å². The van der Waals surface area contributed by atoms with Gasteiger partial charge in [-0.2, -0.15) is 0 Å². The van der Waals surface area contributed by atoms with Crippen LogP contribution in [0.4, 0.5) is 17.2 Å². The van der Waals surface area contributed by atoms with Gasteiger partial charge in [-0.25, -0.2) is 4.98 Å². The van der Waals surface area contributed by atoms with E-state index in [4.69, 9.17) is 16.9 Å². The molecule has 7 N–H and O–H groups in total. The first-order valence-electron chi connectivity index (χ1n) is 14.3. The fraction of sp³-hybridized carbons (Fsp3) is 0.419. The van der Waals surface area contributed by atoms with Crippen molar-refractivity contribution in [3.8, 4) is 11.3 Å². The second-order valence-electron chi connectivity index (χ2n) is 10.6. The summed E-state index contributed by atoms with van der Waals surface area (Å²) in [5.41, 5.74) is 15.8. The highest BCUT2D eigenvalue weighted by atomic mass is 16.2. The zero-order valence-corrected chi connectivity index (χ0v) is 24.7. The van der Waals surface area contributed by atoms with Gasteiger partial charge < -0.3 is 27.0 Å². The average molecular weight is 561 g/mol. The summed E-state index contributed by atoms with van der Waals surface area (Å²) < 4.78 is 1.45. The van der Waals surface area contributed by atoms with Crippen molar-refractivity contribution in [2.45, 2.75) is 72.5 Å². The maximum Gasteiger partial charge on any atom is 0.294 e. The van der Waals surface area contributed by atoms with Gasteiger partial charge in [0.25, 0.3) is 5.56 Å². The van der Waals surface area contributed by atoms with E-state index in [0.29, 0.717) is 16.9 Å². The molecule has 0 saturated carbocycles. The number of anilines is 3. The molecule has 220 valence electrons. The Morgan fingerprint density at radius 3 is 2.32 bits per heavy atom. The molecule has 0 atom stereocenters. The molecule has 41 heavy (non-hydrogen) atoms. The van der Waals surface area contributed by atoms with E-state index >= 15 is 0 Å². The highest BCUT2D eigenvalue weighted by molar-refractivity contribution is 5.94. The summed E-state index contributed by atoms with van der Waals surface area (Å²) >= 11 is 0. The Bertz CT molecular complexity index is 1370. The molecule has 0 aliphatic rings. The predicted octanol–water partition coefficient (Wildman–Crippen LogP) is 4.32. The van der Waals surface area contributed by atoms with Gasteiger partial charge in [0.05, 0.1) is 11.9 Å². The number of benzene rings is 2. The minimum absolute atomic E-state index is 0.00837. The van der Waals surface area contributed by atoms with Gasteiger partial charge in [-0.1, -0.05) is 51.0 Å². The number of amides is 1. The van der Waals surface area contributed by atoms with Crippen LogP contribution in [0.25, 0.3) is 11.3 Å². The van der Waals surface area contributed by atoms with Crippen LogP contribution in [-0.2, 0) is 17.9 Å². The van der Waals surface area contributed by atoms with E-state index in [1.807, 2.05) is 44.2 Å². The lowest BCUT2D eigenvalue weighted by Crippen LogP contribution is -2.35. The van der Waals surface area contributed by atoms with Crippen LogP contribution in [0.1, 0.15) is 64.5 Å². The Morgan fingerprint density at radius 1 is 1.07 bits per heavy atom. The van der Waals surface area contributed by atoms with Gasteiger partial charge in [-0.3, -0.25) is 19.6 Å². The zero-order chi connectivity index (χ0) is 29.9. The van der Waals surface area contributed by atoms with E-state index < -0.39 is 0 Å². The molecule has 3 rings (SSSR count). The van der Waals surface area contributed by atoms with Crippen molar-refractivity contribution >= 4 is 28.9 Å². The third-order valence-corrected chi connectivity index (χ3v) is 6.70. The lowest BCUT2D eigenvalue weighted by Gasteiger charge is -2.26. The smallest absolute Gasteiger partial charge is 0.294 e. The number of nitrogens with zero attached hydrogens (tertiary/aromatic N) is 3. The molecule has 0 saturated heterocycles. The molecule has 1 amide bonds. The molecule has 10 heteroatoms. The van der Waals surface area contributed by atoms with Gasteiger partial charge in [-0.05, 0) is 50.5 Å². The first-order valence-corrected chi connectivity index (χ1v) is 14.3. The van der Waals surface area contributed by atoms with Crippen molar-refractivity contribution in [1.29, 1.82) is 5.41 Å². The minimum Gasteiger partial charge on any atom is -0.399 e. The number of hydrogen-bond donors (Lipinski definition) is 5. The Kier molecular flexibility index (Phi) is 11.3. The van der Waals surface area contributed by atoms with Crippen molar-refractivity contribution in [3.05, 3.63) is 70.1 Å². The molecule has 0 fully saturated rings. The van der Waals surface area contributed by atoms with Gasteiger partial charge in [0, 0.05) is 48.2 Å². The number of hydrogen-bond acceptors (Lipinski definition) is 7. The third-order valence-electron chi connectivity index (χ3n) is 6.70. The minimum atomic E-state index is -0.380. The highest BCUT2D eigenvalue weighted by Gasteiger charge is 2.18. The number of nitrogens with two attached hydrogens (primary N) is 2. The fourth-order valence-electron chi connectivity index (χ4n) is 4.48. The Balaban J connectivity index is 1.95. The summed E-state index contributed by atoms with van der Waals surface area (Å²) in [7, 11) is 0. The number of amidine groups is 1. The van der Waals surface area contributed by atoms with Crippen LogP contribution < -0.4 is 32.6 Å². The molecule has 2 aromatic carbocycles. The summed E-state index contributed by atoms with van der Waals surface area (Å²) in [6, 6.07) is 12.9. The summed E-state index contributed by atoms with van der Waals surface area (Å²) in [4.78, 5) is 33.4. The lowest BCUT2D eigenvalue weighted by atomic mass is 10.1. The topological polar surface area (TPSA) is 155 Å². The number of aromatic nitrogens is 2. The van der Waals surface area contributed by atoms with Crippen molar-refractivity contribution < 1.29 is 4.79 Å². The van der Waals surface area contributed by atoms with Crippen LogP contribution >= 0.6 is 0 Å². The fourth-order valence-corrected chi connectivity index (χ4v) is 4.48. The van der Waals surface area contributed by atoms with Crippen molar-refractivity contribution in [2.24, 2.45) is 5.73 Å². The van der Waals surface area contributed by atoms with Gasteiger partial charge in [0.2, 0.25) is 5.91 Å². The first-order chi connectivity index (χ1) is 19.6. The maximum atomic E-state index is 13.6. The quantitative estimate of drug-likeness (QED) is 0.105. The number of unbranched alkanes of at least 4 members (excludes halogenated alkanes) is 2. The van der Waals surface area contributed by atoms with Crippen LogP contribution in [-0.4, -0.2) is 40.4 Å². The van der Waals surface area contributed by atoms with Crippen LogP contribution in [0.5, 0.6) is 0 Å². The molecule has 1 heterocycles. The predicted molar refractivity (Wildman–Crippen MR) is 168 cm³/mol. The Morgan fingerprint density at radius 2 is 1.73 bits per heavy atom. The first kappa shape index (κ1) is 31.2. The SMILES string of the molecule is CCCCN(CCCC)c1cc(N)cc(-c2cnc(NC(C)C)c(=O)n2CC(=O)NCc2ccc(C(=N)N)cc2)c1. The largest absolute Gasteiger partial charge is 0.399 e. The molecule has 0 spiro atoms. The maximum absolute atomic E-state index is 13.6. The van der Waals surface area contributed by atoms with Gasteiger partial charge >= 0.3 is 0 Å². The van der Waals surface area contributed by atoms with Crippen molar-refractivity contribution in [3.63, 3.8) is 0 Å². The number of nitrogen functional groups attached to an aromatic ring is 2. The van der Waals surface area contributed by atoms with Crippen LogP contribution in [0.2, 0.25) is 0 Å². The molecule has 0 unspecified atom stereocenters. The lowest BCUT2D eigenvalue weighted by molar-refractivity contribution is -0.121. The second kappa shape index (κ2) is 14.9. The molecule has 3 aromatic rings. The molecular weight excluding hydrogens is 516 g/mol. The summed E-state index contributed by atoms with van der Waals surface area (Å²) in [5.74, 6) is -0.144. The van der Waals surface area contributed by atoms with Crippen LogP contribution in [0, 0.1) is 5.41 Å². The van der Waals surface area contributed by atoms with Crippen molar-refractivity contribution in [2.75, 3.05) is 29.0 Å². The molecule has 0 aliphatic heterocycles. The number of carbonyl (C=O) groups excluding carboxylic acids is 1. The van der Waals surface area contributed by atoms with E-state index in [-0.39, 0.29) is 42.3 Å². The Hall–Kier alpha value is -4.34.